The lowest BCUT2D eigenvalue weighted by Crippen LogP contribution is -2.27. The minimum Gasteiger partial charge on any atom is -0.492 e. The SMILES string of the molecule is CCc1ccc(OCCNS(=O)(=O)c2ccc(Br)s2)cc1. The Morgan fingerprint density at radius 3 is 2.48 bits per heavy atom. The number of nitrogens with one attached hydrogen (secondary N) is 1. The molecule has 21 heavy (non-hydrogen) atoms. The average molecular weight is 390 g/mol. The number of ether oxygens (including phenoxy) is 1. The van der Waals surface area contributed by atoms with Crippen LogP contribution in [0.25, 0.3) is 0 Å². The van der Waals surface area contributed by atoms with E-state index in [4.69, 9.17) is 4.74 Å². The van der Waals surface area contributed by atoms with E-state index in [2.05, 4.69) is 27.6 Å². The Morgan fingerprint density at radius 1 is 1.19 bits per heavy atom. The first-order chi connectivity index (χ1) is 10.0. The summed E-state index contributed by atoms with van der Waals surface area (Å²) in [6.07, 6.45) is 0.983. The average Bonchev–Trinajstić information content (AvgIpc) is 2.92. The summed E-state index contributed by atoms with van der Waals surface area (Å²) in [5.74, 6) is 0.741. The molecule has 0 bridgehead atoms. The number of hydrogen-bond donors (Lipinski definition) is 1. The zero-order chi connectivity index (χ0) is 15.3. The molecular formula is C14H16BrNO3S2. The van der Waals surface area contributed by atoms with E-state index in [0.29, 0.717) is 4.21 Å². The first-order valence-corrected chi connectivity index (χ1v) is 9.57. The van der Waals surface area contributed by atoms with Crippen molar-refractivity contribution in [2.45, 2.75) is 17.6 Å². The van der Waals surface area contributed by atoms with Gasteiger partial charge in [0.05, 0.1) is 3.79 Å². The van der Waals surface area contributed by atoms with Gasteiger partial charge in [0.25, 0.3) is 0 Å². The highest BCUT2D eigenvalue weighted by Crippen LogP contribution is 2.25. The monoisotopic (exact) mass is 389 g/mol. The van der Waals surface area contributed by atoms with Crippen LogP contribution in [0.4, 0.5) is 0 Å². The first kappa shape index (κ1) is 16.5. The van der Waals surface area contributed by atoms with Crippen molar-refractivity contribution >= 4 is 37.3 Å². The highest BCUT2D eigenvalue weighted by atomic mass is 79.9. The molecule has 114 valence electrons. The molecular weight excluding hydrogens is 374 g/mol. The van der Waals surface area contributed by atoms with Crippen LogP contribution in [0.2, 0.25) is 0 Å². The van der Waals surface area contributed by atoms with Gasteiger partial charge in [0.1, 0.15) is 16.6 Å². The second-order valence-electron chi connectivity index (χ2n) is 4.30. The van der Waals surface area contributed by atoms with E-state index in [1.54, 1.807) is 12.1 Å². The normalized spacial score (nSPS) is 11.5. The van der Waals surface area contributed by atoms with Crippen molar-refractivity contribution in [3.63, 3.8) is 0 Å². The summed E-state index contributed by atoms with van der Waals surface area (Å²) in [5, 5.41) is 0. The highest BCUT2D eigenvalue weighted by molar-refractivity contribution is 9.11. The number of thiophene rings is 1. The van der Waals surface area contributed by atoms with Gasteiger partial charge in [0, 0.05) is 6.54 Å². The van der Waals surface area contributed by atoms with Crippen molar-refractivity contribution in [2.75, 3.05) is 13.2 Å². The predicted molar refractivity (Wildman–Crippen MR) is 88.5 cm³/mol. The Kier molecular flexibility index (Phi) is 5.80. The van der Waals surface area contributed by atoms with Gasteiger partial charge in [0.15, 0.2) is 0 Å². The van der Waals surface area contributed by atoms with Gasteiger partial charge in [-0.25, -0.2) is 13.1 Å². The number of hydrogen-bond acceptors (Lipinski definition) is 4. The fourth-order valence-electron chi connectivity index (χ4n) is 1.68. The van der Waals surface area contributed by atoms with Crippen LogP contribution in [0.5, 0.6) is 5.75 Å². The third-order valence-electron chi connectivity index (χ3n) is 2.81. The molecule has 0 spiro atoms. The Hall–Kier alpha value is -0.890. The maximum absolute atomic E-state index is 12.0. The smallest absolute Gasteiger partial charge is 0.250 e. The van der Waals surface area contributed by atoms with Crippen LogP contribution in [0, 0.1) is 0 Å². The molecule has 0 unspecified atom stereocenters. The minimum atomic E-state index is -3.45. The van der Waals surface area contributed by atoms with Crippen molar-refractivity contribution < 1.29 is 13.2 Å². The Balaban J connectivity index is 1.81. The lowest BCUT2D eigenvalue weighted by Gasteiger charge is -2.08. The molecule has 0 aliphatic carbocycles. The standard InChI is InChI=1S/C14H16BrNO3S2/c1-2-11-3-5-12(6-4-11)19-10-9-16-21(17,18)14-8-7-13(15)20-14/h3-8,16H,2,9-10H2,1H3. The van der Waals surface area contributed by atoms with Crippen LogP contribution in [0.1, 0.15) is 12.5 Å². The molecule has 2 aromatic rings. The largest absolute Gasteiger partial charge is 0.492 e. The van der Waals surface area contributed by atoms with Crippen molar-refractivity contribution in [3.05, 3.63) is 45.7 Å². The van der Waals surface area contributed by atoms with Crippen LogP contribution in [-0.2, 0) is 16.4 Å². The molecule has 0 fully saturated rings. The molecule has 2 rings (SSSR count). The van der Waals surface area contributed by atoms with E-state index < -0.39 is 10.0 Å². The summed E-state index contributed by atoms with van der Waals surface area (Å²) in [6.45, 7) is 2.61. The van der Waals surface area contributed by atoms with Gasteiger partial charge >= 0.3 is 0 Å². The fraction of sp³-hybridized carbons (Fsp3) is 0.286. The number of sulfonamides is 1. The molecule has 0 aliphatic rings. The molecule has 1 heterocycles. The zero-order valence-electron chi connectivity index (χ0n) is 11.5. The summed E-state index contributed by atoms with van der Waals surface area (Å²) in [7, 11) is -3.45. The van der Waals surface area contributed by atoms with E-state index in [-0.39, 0.29) is 13.2 Å². The number of halogens is 1. The van der Waals surface area contributed by atoms with Crippen LogP contribution >= 0.6 is 27.3 Å². The third-order valence-corrected chi connectivity index (χ3v) is 6.38. The quantitative estimate of drug-likeness (QED) is 0.737. The number of rotatable bonds is 7. The van der Waals surface area contributed by atoms with Crippen LogP contribution in [0.15, 0.2) is 44.4 Å². The second kappa shape index (κ2) is 7.40. The van der Waals surface area contributed by atoms with Gasteiger partial charge in [-0.1, -0.05) is 19.1 Å². The molecule has 0 saturated carbocycles. The van der Waals surface area contributed by atoms with E-state index in [0.717, 1.165) is 16.0 Å². The molecule has 0 radical (unpaired) electrons. The predicted octanol–water partition coefficient (Wildman–Crippen LogP) is 3.43. The molecule has 1 N–H and O–H groups in total. The van der Waals surface area contributed by atoms with Gasteiger partial charge < -0.3 is 4.74 Å². The molecule has 0 saturated heterocycles. The first-order valence-electron chi connectivity index (χ1n) is 6.48. The maximum atomic E-state index is 12.0. The Labute approximate surface area is 137 Å². The Bertz CT molecular complexity index is 680. The third kappa shape index (κ3) is 4.81. The van der Waals surface area contributed by atoms with E-state index in [1.165, 1.54) is 16.9 Å². The lowest BCUT2D eigenvalue weighted by molar-refractivity contribution is 0.323. The molecule has 1 aromatic carbocycles. The second-order valence-corrected chi connectivity index (χ2v) is 8.76. The summed E-state index contributed by atoms with van der Waals surface area (Å²) >= 11 is 4.43. The van der Waals surface area contributed by atoms with Crippen molar-refractivity contribution in [3.8, 4) is 5.75 Å². The van der Waals surface area contributed by atoms with Gasteiger partial charge in [0.2, 0.25) is 10.0 Å². The van der Waals surface area contributed by atoms with Gasteiger partial charge in [-0.3, -0.25) is 0 Å². The van der Waals surface area contributed by atoms with Crippen LogP contribution < -0.4 is 9.46 Å². The van der Waals surface area contributed by atoms with Crippen molar-refractivity contribution in [1.82, 2.24) is 4.72 Å². The topological polar surface area (TPSA) is 55.4 Å². The Morgan fingerprint density at radius 2 is 1.90 bits per heavy atom. The summed E-state index contributed by atoms with van der Waals surface area (Å²) in [6, 6.07) is 11.1. The highest BCUT2D eigenvalue weighted by Gasteiger charge is 2.15. The van der Waals surface area contributed by atoms with Gasteiger partial charge in [-0.15, -0.1) is 11.3 Å². The molecule has 0 atom stereocenters. The zero-order valence-corrected chi connectivity index (χ0v) is 14.7. The molecule has 0 amide bonds. The van der Waals surface area contributed by atoms with Crippen LogP contribution in [-0.4, -0.2) is 21.6 Å². The summed E-state index contributed by atoms with van der Waals surface area (Å²) in [4.78, 5) is 0. The number of aryl methyl sites for hydroxylation is 1. The van der Waals surface area contributed by atoms with Crippen LogP contribution in [0.3, 0.4) is 0 Å². The van der Waals surface area contributed by atoms with E-state index >= 15 is 0 Å². The van der Waals surface area contributed by atoms with Crippen molar-refractivity contribution in [2.24, 2.45) is 0 Å². The molecule has 7 heteroatoms. The number of benzene rings is 1. The minimum absolute atomic E-state index is 0.230. The van der Waals surface area contributed by atoms with Gasteiger partial charge in [-0.05, 0) is 52.2 Å². The fourth-order valence-corrected chi connectivity index (χ4v) is 4.75. The lowest BCUT2D eigenvalue weighted by atomic mass is 10.2. The maximum Gasteiger partial charge on any atom is 0.250 e. The van der Waals surface area contributed by atoms with Gasteiger partial charge in [-0.2, -0.15) is 0 Å². The van der Waals surface area contributed by atoms with E-state index in [1.807, 2.05) is 24.3 Å². The molecule has 0 aliphatic heterocycles. The summed E-state index contributed by atoms with van der Waals surface area (Å²) in [5.41, 5.74) is 1.24. The molecule has 1 aromatic heterocycles. The van der Waals surface area contributed by atoms with E-state index in [9.17, 15) is 8.42 Å². The summed E-state index contributed by atoms with van der Waals surface area (Å²) < 4.78 is 33.0. The van der Waals surface area contributed by atoms with Crippen molar-refractivity contribution in [1.29, 1.82) is 0 Å². The molecule has 4 nitrogen and oxygen atoms in total.